The molecule has 1 aliphatic heterocycles. The van der Waals surface area contributed by atoms with Crippen LogP contribution in [0.1, 0.15) is 18.4 Å². The quantitative estimate of drug-likeness (QED) is 0.744. The molecule has 2 heterocycles. The molecule has 0 radical (unpaired) electrons. The van der Waals surface area contributed by atoms with E-state index < -0.39 is 0 Å². The van der Waals surface area contributed by atoms with E-state index in [-0.39, 0.29) is 18.5 Å². The average molecular weight is 423 g/mol. The number of piperidine rings is 1. The summed E-state index contributed by atoms with van der Waals surface area (Å²) in [6.45, 7) is 3.25. The van der Waals surface area contributed by atoms with Gasteiger partial charge in [0.15, 0.2) is 0 Å². The van der Waals surface area contributed by atoms with Crippen molar-refractivity contribution in [2.24, 2.45) is 0 Å². The van der Waals surface area contributed by atoms with Crippen LogP contribution in [0, 0.1) is 3.70 Å². The van der Waals surface area contributed by atoms with Gasteiger partial charge in [-0.05, 0) is 41.0 Å². The van der Waals surface area contributed by atoms with Gasteiger partial charge in [-0.15, -0.1) is 5.10 Å². The van der Waals surface area contributed by atoms with Crippen molar-refractivity contribution < 1.29 is 4.79 Å². The minimum Gasteiger partial charge on any atom is -0.352 e. The minimum atomic E-state index is 0.00723. The summed E-state index contributed by atoms with van der Waals surface area (Å²) in [5.41, 5.74) is 1.34. The molecule has 0 aliphatic carbocycles. The average Bonchev–Trinajstić information content (AvgIpc) is 2.95. The van der Waals surface area contributed by atoms with E-state index in [4.69, 9.17) is 0 Å². The third-order valence-corrected chi connectivity index (χ3v) is 4.51. The Morgan fingerprint density at radius 2 is 2.00 bits per heavy atom. The van der Waals surface area contributed by atoms with Crippen molar-refractivity contribution >= 4 is 28.5 Å². The first kappa shape index (κ1) is 16.4. The predicted octanol–water partition coefficient (Wildman–Crippen LogP) is 1.66. The highest BCUT2D eigenvalue weighted by molar-refractivity contribution is 14.1. The van der Waals surface area contributed by atoms with E-state index in [2.05, 4.69) is 67.4 Å². The highest BCUT2D eigenvalue weighted by Gasteiger charge is 2.20. The summed E-state index contributed by atoms with van der Waals surface area (Å²) in [5.74, 6) is 0.00723. The van der Waals surface area contributed by atoms with Crippen molar-refractivity contribution in [2.75, 3.05) is 13.1 Å². The molecular formula is C16H20IN5O. The molecule has 0 unspecified atom stereocenters. The summed E-state index contributed by atoms with van der Waals surface area (Å²) in [7, 11) is 0. The first-order chi connectivity index (χ1) is 11.2. The SMILES string of the molecule is O=C(Cn1cc([125I])nn1)NC1CCN(Cc2ccccc2)CC1. The molecule has 1 saturated heterocycles. The summed E-state index contributed by atoms with van der Waals surface area (Å²) >= 11 is 2.08. The Morgan fingerprint density at radius 1 is 1.26 bits per heavy atom. The number of amides is 1. The molecule has 0 spiro atoms. The zero-order chi connectivity index (χ0) is 16.1. The molecule has 7 heteroatoms. The standard InChI is InChI=1S/C16H20IN5O/c17-15-11-22(20-19-15)12-16(23)18-14-6-8-21(9-7-14)10-13-4-2-1-3-5-13/h1-5,11,14H,6-10,12H2,(H,18,23)/i17-2. The van der Waals surface area contributed by atoms with E-state index in [1.807, 2.05) is 6.07 Å². The summed E-state index contributed by atoms with van der Waals surface area (Å²) in [4.78, 5) is 14.5. The highest BCUT2D eigenvalue weighted by Crippen LogP contribution is 2.13. The maximum atomic E-state index is 12.0. The molecule has 0 saturated carbocycles. The van der Waals surface area contributed by atoms with Gasteiger partial charge < -0.3 is 5.32 Å². The van der Waals surface area contributed by atoms with Crippen molar-refractivity contribution in [1.29, 1.82) is 0 Å². The Balaban J connectivity index is 1.41. The number of carbonyl (C=O) groups excluding carboxylic acids is 1. The second-order valence-electron chi connectivity index (χ2n) is 5.84. The highest BCUT2D eigenvalue weighted by atomic mass is 125. The Kier molecular flexibility index (Phi) is 5.60. The van der Waals surface area contributed by atoms with E-state index in [1.165, 1.54) is 5.56 Å². The smallest absolute Gasteiger partial charge is 0.242 e. The van der Waals surface area contributed by atoms with Crippen molar-refractivity contribution in [1.82, 2.24) is 25.2 Å². The summed E-state index contributed by atoms with van der Waals surface area (Å²) in [6.07, 6.45) is 3.75. The number of halogens is 1. The minimum absolute atomic E-state index is 0.00723. The fraction of sp³-hybridized carbons (Fsp3) is 0.438. The van der Waals surface area contributed by atoms with E-state index in [1.54, 1.807) is 10.9 Å². The Labute approximate surface area is 149 Å². The number of nitrogens with one attached hydrogen (secondary N) is 1. The van der Waals surface area contributed by atoms with Gasteiger partial charge in [0.05, 0.1) is 6.20 Å². The lowest BCUT2D eigenvalue weighted by Crippen LogP contribution is -2.45. The third kappa shape index (κ3) is 5.00. The molecule has 1 aromatic heterocycles. The van der Waals surface area contributed by atoms with E-state index in [9.17, 15) is 4.79 Å². The van der Waals surface area contributed by atoms with Gasteiger partial charge in [0.1, 0.15) is 10.2 Å². The van der Waals surface area contributed by atoms with Crippen LogP contribution >= 0.6 is 22.6 Å². The fourth-order valence-electron chi connectivity index (χ4n) is 2.85. The Hall–Kier alpha value is -1.48. The van der Waals surface area contributed by atoms with Gasteiger partial charge in [-0.1, -0.05) is 35.5 Å². The molecule has 3 rings (SSSR count). The molecular weight excluding hydrogens is 403 g/mol. The van der Waals surface area contributed by atoms with Crippen LogP contribution in [0.25, 0.3) is 0 Å². The molecule has 23 heavy (non-hydrogen) atoms. The maximum Gasteiger partial charge on any atom is 0.242 e. The molecule has 1 aromatic carbocycles. The largest absolute Gasteiger partial charge is 0.352 e. The number of benzene rings is 1. The first-order valence-corrected chi connectivity index (χ1v) is 8.88. The fourth-order valence-corrected chi connectivity index (χ4v) is 3.27. The molecule has 1 fully saturated rings. The zero-order valence-corrected chi connectivity index (χ0v) is 15.0. The van der Waals surface area contributed by atoms with Crippen LogP contribution in [0.3, 0.4) is 0 Å². The lowest BCUT2D eigenvalue weighted by molar-refractivity contribution is -0.122. The Bertz CT molecular complexity index is 637. The number of carbonyl (C=O) groups is 1. The van der Waals surface area contributed by atoms with Crippen molar-refractivity contribution in [2.45, 2.75) is 32.0 Å². The van der Waals surface area contributed by atoms with Crippen LogP contribution in [0.5, 0.6) is 0 Å². The lowest BCUT2D eigenvalue weighted by atomic mass is 10.0. The molecule has 6 nitrogen and oxygen atoms in total. The van der Waals surface area contributed by atoms with Crippen molar-refractivity contribution in [3.8, 4) is 0 Å². The molecule has 1 N–H and O–H groups in total. The number of aromatic nitrogens is 3. The molecule has 2 aromatic rings. The van der Waals surface area contributed by atoms with Crippen LogP contribution in [0.15, 0.2) is 36.5 Å². The predicted molar refractivity (Wildman–Crippen MR) is 95.6 cm³/mol. The topological polar surface area (TPSA) is 63.1 Å². The second-order valence-corrected chi connectivity index (χ2v) is 6.95. The summed E-state index contributed by atoms with van der Waals surface area (Å²) in [5, 5.41) is 10.9. The van der Waals surface area contributed by atoms with Gasteiger partial charge in [-0.2, -0.15) is 0 Å². The molecule has 0 atom stereocenters. The second kappa shape index (κ2) is 7.87. The number of nitrogens with zero attached hydrogens (tertiary/aromatic N) is 4. The summed E-state index contributed by atoms with van der Waals surface area (Å²) < 4.78 is 2.37. The van der Waals surface area contributed by atoms with Crippen LogP contribution in [0.2, 0.25) is 0 Å². The molecule has 1 aliphatic rings. The van der Waals surface area contributed by atoms with Crippen LogP contribution < -0.4 is 5.32 Å². The lowest BCUT2D eigenvalue weighted by Gasteiger charge is -2.32. The van der Waals surface area contributed by atoms with Gasteiger partial charge in [-0.25, -0.2) is 4.68 Å². The number of hydrogen-bond acceptors (Lipinski definition) is 4. The number of hydrogen-bond donors (Lipinski definition) is 1. The zero-order valence-electron chi connectivity index (χ0n) is 12.9. The maximum absolute atomic E-state index is 12.0. The molecule has 0 bridgehead atoms. The van der Waals surface area contributed by atoms with Gasteiger partial charge in [0, 0.05) is 25.7 Å². The van der Waals surface area contributed by atoms with E-state index >= 15 is 0 Å². The molecule has 1 amide bonds. The number of rotatable bonds is 5. The van der Waals surface area contributed by atoms with Gasteiger partial charge in [0.25, 0.3) is 0 Å². The van der Waals surface area contributed by atoms with Gasteiger partial charge in [0.2, 0.25) is 5.91 Å². The summed E-state index contributed by atoms with van der Waals surface area (Å²) in [6, 6.07) is 10.8. The van der Waals surface area contributed by atoms with E-state index in [0.717, 1.165) is 36.2 Å². The monoisotopic (exact) mass is 423 g/mol. The normalized spacial score (nSPS) is 16.4. The van der Waals surface area contributed by atoms with Crippen molar-refractivity contribution in [3.05, 3.63) is 45.8 Å². The van der Waals surface area contributed by atoms with Crippen LogP contribution in [0.4, 0.5) is 0 Å². The number of likely N-dealkylation sites (tertiary alicyclic amines) is 1. The van der Waals surface area contributed by atoms with Crippen LogP contribution in [-0.4, -0.2) is 44.9 Å². The van der Waals surface area contributed by atoms with Crippen LogP contribution in [-0.2, 0) is 17.9 Å². The van der Waals surface area contributed by atoms with Gasteiger partial charge >= 0.3 is 0 Å². The van der Waals surface area contributed by atoms with E-state index in [0.29, 0.717) is 0 Å². The first-order valence-electron chi connectivity index (χ1n) is 7.80. The molecule has 122 valence electrons. The van der Waals surface area contributed by atoms with Crippen molar-refractivity contribution in [3.63, 3.8) is 0 Å². The van der Waals surface area contributed by atoms with Gasteiger partial charge in [-0.3, -0.25) is 9.69 Å². The Morgan fingerprint density at radius 3 is 2.65 bits per heavy atom. The third-order valence-electron chi connectivity index (χ3n) is 4.02.